The van der Waals surface area contributed by atoms with E-state index in [1.54, 1.807) is 0 Å². The van der Waals surface area contributed by atoms with Crippen LogP contribution >= 0.6 is 11.8 Å². The fraction of sp³-hybridized carbons (Fsp3) is 0.750. The number of β-amino-alcohol motifs (C(OH)–C–C–N with tert-alkyl or cyclic N) is 1. The Kier molecular flexibility index (Phi) is 3.43. The van der Waals surface area contributed by atoms with Gasteiger partial charge in [0.2, 0.25) is 0 Å². The minimum absolute atomic E-state index is 0.318. The molecule has 1 aliphatic rings. The van der Waals surface area contributed by atoms with Gasteiger partial charge in [0.1, 0.15) is 0 Å². The van der Waals surface area contributed by atoms with Crippen molar-refractivity contribution < 1.29 is 5.11 Å². The second-order valence-electron chi connectivity index (χ2n) is 2.83. The molecule has 0 amide bonds. The van der Waals surface area contributed by atoms with E-state index in [1.165, 1.54) is 0 Å². The third-order valence-electron chi connectivity index (χ3n) is 2.04. The maximum absolute atomic E-state index is 9.30. The lowest BCUT2D eigenvalue weighted by atomic mass is 10.1. The van der Waals surface area contributed by atoms with Gasteiger partial charge in [0.25, 0.3) is 0 Å². The quantitative estimate of drug-likeness (QED) is 0.614. The van der Waals surface area contributed by atoms with Gasteiger partial charge < -0.3 is 10.4 Å². The van der Waals surface area contributed by atoms with Crippen LogP contribution in [0.2, 0.25) is 0 Å². The van der Waals surface area contributed by atoms with Gasteiger partial charge in [-0.2, -0.15) is 11.8 Å². The van der Waals surface area contributed by atoms with Crippen molar-refractivity contribution in [3.05, 3.63) is 12.2 Å². The van der Waals surface area contributed by atoms with Gasteiger partial charge in [-0.3, -0.25) is 0 Å². The van der Waals surface area contributed by atoms with Crippen molar-refractivity contribution in [1.82, 2.24) is 5.32 Å². The highest BCUT2D eigenvalue weighted by atomic mass is 32.2. The van der Waals surface area contributed by atoms with Crippen LogP contribution in [0.5, 0.6) is 0 Å². The normalized spacial score (nSPS) is 31.3. The van der Waals surface area contributed by atoms with E-state index in [4.69, 9.17) is 0 Å². The molecule has 1 rings (SSSR count). The first kappa shape index (κ1) is 9.10. The maximum atomic E-state index is 9.30. The van der Waals surface area contributed by atoms with Gasteiger partial charge in [0.15, 0.2) is 0 Å². The molecule has 64 valence electrons. The monoisotopic (exact) mass is 173 g/mol. The summed E-state index contributed by atoms with van der Waals surface area (Å²) in [6.45, 7) is 4.53. The molecular weight excluding hydrogens is 158 g/mol. The fourth-order valence-electron chi connectivity index (χ4n) is 1.27. The first-order valence-electron chi connectivity index (χ1n) is 3.84. The molecule has 0 saturated carbocycles. The number of hydrogen-bond donors (Lipinski definition) is 2. The number of aliphatic hydroxyl groups is 1. The minimum Gasteiger partial charge on any atom is -0.387 e. The molecule has 3 heteroatoms. The van der Waals surface area contributed by atoms with Crippen molar-refractivity contribution in [2.75, 3.05) is 18.6 Å². The number of rotatable bonds is 3. The second kappa shape index (κ2) is 4.14. The van der Waals surface area contributed by atoms with E-state index in [9.17, 15) is 5.11 Å². The molecule has 1 fully saturated rings. The largest absolute Gasteiger partial charge is 0.387 e. The average Bonchev–Trinajstić information content (AvgIpc) is 2.31. The lowest BCUT2D eigenvalue weighted by Crippen LogP contribution is -2.22. The van der Waals surface area contributed by atoms with Crippen LogP contribution in [0.15, 0.2) is 12.2 Å². The van der Waals surface area contributed by atoms with Crippen LogP contribution in [0.4, 0.5) is 0 Å². The van der Waals surface area contributed by atoms with Crippen molar-refractivity contribution in [1.29, 1.82) is 0 Å². The second-order valence-corrected chi connectivity index (χ2v) is 3.82. The third-order valence-corrected chi connectivity index (χ3v) is 2.69. The summed E-state index contributed by atoms with van der Waals surface area (Å²) in [5, 5.41) is 12.5. The summed E-state index contributed by atoms with van der Waals surface area (Å²) < 4.78 is 0. The maximum Gasteiger partial charge on any atom is 0.0887 e. The molecule has 1 heterocycles. The van der Waals surface area contributed by atoms with Crippen molar-refractivity contribution in [3.63, 3.8) is 0 Å². The highest BCUT2D eigenvalue weighted by molar-refractivity contribution is 7.98. The summed E-state index contributed by atoms with van der Waals surface area (Å²) in [7, 11) is 0. The van der Waals surface area contributed by atoms with Gasteiger partial charge >= 0.3 is 0 Å². The topological polar surface area (TPSA) is 32.3 Å². The Hall–Kier alpha value is 0.0100. The number of hydrogen-bond acceptors (Lipinski definition) is 3. The Labute approximate surface area is 72.1 Å². The average molecular weight is 173 g/mol. The molecule has 1 saturated heterocycles. The predicted octanol–water partition coefficient (Wildman–Crippen LogP) is 0.628. The van der Waals surface area contributed by atoms with Crippen LogP contribution in [-0.4, -0.2) is 35.8 Å². The SMILES string of the molecule is C=C1C(O)CN[C@H]1CCSC. The van der Waals surface area contributed by atoms with E-state index < -0.39 is 0 Å². The summed E-state index contributed by atoms with van der Waals surface area (Å²) in [4.78, 5) is 0. The van der Waals surface area contributed by atoms with Gasteiger partial charge in [0, 0.05) is 12.6 Å². The molecule has 0 radical (unpaired) electrons. The van der Waals surface area contributed by atoms with E-state index >= 15 is 0 Å². The van der Waals surface area contributed by atoms with Crippen molar-refractivity contribution in [2.24, 2.45) is 0 Å². The highest BCUT2D eigenvalue weighted by Gasteiger charge is 2.25. The molecule has 0 spiro atoms. The fourth-order valence-corrected chi connectivity index (χ4v) is 1.74. The smallest absolute Gasteiger partial charge is 0.0887 e. The molecule has 0 aliphatic carbocycles. The molecule has 2 atom stereocenters. The van der Waals surface area contributed by atoms with Crippen molar-refractivity contribution in [3.8, 4) is 0 Å². The van der Waals surface area contributed by atoms with Gasteiger partial charge in [-0.15, -0.1) is 0 Å². The van der Waals surface area contributed by atoms with Crippen LogP contribution in [0.3, 0.4) is 0 Å². The van der Waals surface area contributed by atoms with Crippen LogP contribution in [0.1, 0.15) is 6.42 Å². The number of thioether (sulfide) groups is 1. The van der Waals surface area contributed by atoms with Crippen molar-refractivity contribution in [2.45, 2.75) is 18.6 Å². The molecule has 0 bridgehead atoms. The Morgan fingerprint density at radius 3 is 3.00 bits per heavy atom. The standard InChI is InChI=1S/C8H15NOS/c1-6-7(3-4-11-2)9-5-8(6)10/h7-10H,1,3-5H2,2H3/t7-,8?/m0/s1. The van der Waals surface area contributed by atoms with E-state index in [1.807, 2.05) is 11.8 Å². The van der Waals surface area contributed by atoms with Crippen LogP contribution in [0.25, 0.3) is 0 Å². The lowest BCUT2D eigenvalue weighted by molar-refractivity contribution is 0.230. The van der Waals surface area contributed by atoms with Gasteiger partial charge in [-0.05, 0) is 24.0 Å². The summed E-state index contributed by atoms with van der Waals surface area (Å²) in [6.07, 6.45) is 2.85. The molecule has 11 heavy (non-hydrogen) atoms. The molecule has 2 N–H and O–H groups in total. The highest BCUT2D eigenvalue weighted by Crippen LogP contribution is 2.16. The minimum atomic E-state index is -0.318. The molecule has 2 nitrogen and oxygen atoms in total. The summed E-state index contributed by atoms with van der Waals surface area (Å²) >= 11 is 1.83. The van der Waals surface area contributed by atoms with Gasteiger partial charge in [0.05, 0.1) is 6.10 Å². The van der Waals surface area contributed by atoms with Gasteiger partial charge in [-0.1, -0.05) is 6.58 Å². The molecule has 0 aromatic carbocycles. The van der Waals surface area contributed by atoms with Crippen LogP contribution in [0, 0.1) is 0 Å². The Balaban J connectivity index is 2.30. The first-order valence-corrected chi connectivity index (χ1v) is 5.24. The number of nitrogens with one attached hydrogen (secondary N) is 1. The predicted molar refractivity (Wildman–Crippen MR) is 49.9 cm³/mol. The van der Waals surface area contributed by atoms with E-state index in [2.05, 4.69) is 18.2 Å². The third kappa shape index (κ3) is 2.22. The summed E-state index contributed by atoms with van der Waals surface area (Å²) in [5.41, 5.74) is 0.957. The molecule has 0 aromatic rings. The molecule has 0 aromatic heterocycles. The Bertz CT molecular complexity index is 149. The zero-order chi connectivity index (χ0) is 8.27. The van der Waals surface area contributed by atoms with Gasteiger partial charge in [-0.25, -0.2) is 0 Å². The van der Waals surface area contributed by atoms with E-state index in [0.29, 0.717) is 12.6 Å². The summed E-state index contributed by atoms with van der Waals surface area (Å²) in [6, 6.07) is 0.345. The van der Waals surface area contributed by atoms with E-state index in [-0.39, 0.29) is 6.10 Å². The summed E-state index contributed by atoms with van der Waals surface area (Å²) in [5.74, 6) is 1.13. The first-order chi connectivity index (χ1) is 5.25. The molecule has 1 aliphatic heterocycles. The van der Waals surface area contributed by atoms with Crippen LogP contribution < -0.4 is 5.32 Å². The Morgan fingerprint density at radius 1 is 1.82 bits per heavy atom. The lowest BCUT2D eigenvalue weighted by Gasteiger charge is -2.10. The molecule has 1 unspecified atom stereocenters. The molecular formula is C8H15NOS. The van der Waals surface area contributed by atoms with Crippen LogP contribution in [-0.2, 0) is 0 Å². The number of aliphatic hydroxyl groups excluding tert-OH is 1. The van der Waals surface area contributed by atoms with Crippen molar-refractivity contribution >= 4 is 11.8 Å². The van der Waals surface area contributed by atoms with E-state index in [0.717, 1.165) is 17.7 Å². The Morgan fingerprint density at radius 2 is 2.55 bits per heavy atom. The zero-order valence-corrected chi connectivity index (χ0v) is 7.66. The zero-order valence-electron chi connectivity index (χ0n) is 6.84.